The molecule has 0 atom stereocenters. The van der Waals surface area contributed by atoms with Crippen molar-refractivity contribution in [2.45, 2.75) is 52.4 Å². The van der Waals surface area contributed by atoms with Gasteiger partial charge in [-0.2, -0.15) is 0 Å². The van der Waals surface area contributed by atoms with Crippen LogP contribution in [0.5, 0.6) is 0 Å². The Morgan fingerprint density at radius 3 is 2.41 bits per heavy atom. The molecule has 17 heavy (non-hydrogen) atoms. The molecule has 1 heteroatoms. The summed E-state index contributed by atoms with van der Waals surface area (Å²) in [6.07, 6.45) is 8.00. The molecule has 0 aliphatic heterocycles. The first-order chi connectivity index (χ1) is 8.27. The van der Waals surface area contributed by atoms with Crippen molar-refractivity contribution < 1.29 is 0 Å². The van der Waals surface area contributed by atoms with Crippen molar-refractivity contribution in [3.63, 3.8) is 0 Å². The van der Waals surface area contributed by atoms with E-state index in [-0.39, 0.29) is 0 Å². The van der Waals surface area contributed by atoms with E-state index < -0.39 is 0 Å². The summed E-state index contributed by atoms with van der Waals surface area (Å²) in [5.74, 6) is 0. The maximum Gasteiger partial charge on any atom is 0.0491 e. The lowest BCUT2D eigenvalue weighted by Gasteiger charge is -2.10. The number of fused-ring (bicyclic) bond motifs is 3. The molecule has 90 valence electrons. The van der Waals surface area contributed by atoms with Gasteiger partial charge in [-0.25, -0.2) is 0 Å². The number of rotatable bonds is 0. The fourth-order valence-electron chi connectivity index (χ4n) is 3.18. The zero-order valence-corrected chi connectivity index (χ0v) is 10.9. The molecule has 0 spiro atoms. The first-order valence-electron chi connectivity index (χ1n) is 6.87. The van der Waals surface area contributed by atoms with Gasteiger partial charge in [0.15, 0.2) is 0 Å². The maximum atomic E-state index is 3.69. The second kappa shape index (κ2) is 4.21. The summed E-state index contributed by atoms with van der Waals surface area (Å²) in [7, 11) is 0. The van der Waals surface area contributed by atoms with Gasteiger partial charge in [0.05, 0.1) is 0 Å². The molecular formula is C16H21N. The van der Waals surface area contributed by atoms with Crippen molar-refractivity contribution in [2.24, 2.45) is 0 Å². The predicted molar refractivity (Wildman–Crippen MR) is 73.6 cm³/mol. The van der Waals surface area contributed by atoms with Crippen molar-refractivity contribution in [3.05, 3.63) is 34.5 Å². The number of aryl methyl sites for hydroxylation is 4. The second-order valence-electron chi connectivity index (χ2n) is 5.45. The summed E-state index contributed by atoms with van der Waals surface area (Å²) in [4.78, 5) is 3.69. The van der Waals surface area contributed by atoms with Crippen LogP contribution in [0, 0.1) is 13.8 Å². The average Bonchev–Trinajstić information content (AvgIpc) is 2.63. The van der Waals surface area contributed by atoms with E-state index in [0.29, 0.717) is 0 Å². The Labute approximate surface area is 103 Å². The molecule has 2 aromatic rings. The minimum atomic E-state index is 1.24. The number of benzene rings is 1. The Bertz CT molecular complexity index is 548. The summed E-state index contributed by atoms with van der Waals surface area (Å²) in [6.45, 7) is 4.46. The Hall–Kier alpha value is -1.24. The Morgan fingerprint density at radius 2 is 1.59 bits per heavy atom. The third-order valence-corrected chi connectivity index (χ3v) is 4.17. The first-order valence-corrected chi connectivity index (χ1v) is 6.87. The molecule has 1 nitrogen and oxygen atoms in total. The van der Waals surface area contributed by atoms with Gasteiger partial charge in [-0.3, -0.25) is 0 Å². The summed E-state index contributed by atoms with van der Waals surface area (Å²) in [5, 5.41) is 1.52. The van der Waals surface area contributed by atoms with Gasteiger partial charge in [0.1, 0.15) is 0 Å². The van der Waals surface area contributed by atoms with Crippen LogP contribution < -0.4 is 0 Å². The Kier molecular flexibility index (Phi) is 2.70. The molecule has 1 N–H and O–H groups in total. The highest BCUT2D eigenvalue weighted by Gasteiger charge is 2.15. The topological polar surface area (TPSA) is 15.8 Å². The highest BCUT2D eigenvalue weighted by molar-refractivity contribution is 5.90. The molecule has 1 heterocycles. The maximum absolute atomic E-state index is 3.69. The molecule has 0 fully saturated rings. The van der Waals surface area contributed by atoms with E-state index in [9.17, 15) is 0 Å². The van der Waals surface area contributed by atoms with E-state index in [0.717, 1.165) is 0 Å². The molecule has 1 aliphatic rings. The van der Waals surface area contributed by atoms with Crippen LogP contribution in [0.3, 0.4) is 0 Å². The van der Waals surface area contributed by atoms with Crippen molar-refractivity contribution in [1.82, 2.24) is 4.98 Å². The quantitative estimate of drug-likeness (QED) is 0.684. The number of hydrogen-bond acceptors (Lipinski definition) is 0. The minimum Gasteiger partial charge on any atom is -0.358 e. The molecule has 3 rings (SSSR count). The number of nitrogens with one attached hydrogen (secondary N) is 1. The lowest BCUT2D eigenvalue weighted by atomic mass is 9.94. The van der Waals surface area contributed by atoms with Crippen molar-refractivity contribution in [2.75, 3.05) is 0 Å². The van der Waals surface area contributed by atoms with E-state index in [1.54, 1.807) is 5.56 Å². The average molecular weight is 227 g/mol. The highest BCUT2D eigenvalue weighted by atomic mass is 14.7. The number of H-pyrrole nitrogens is 1. The largest absolute Gasteiger partial charge is 0.358 e. The van der Waals surface area contributed by atoms with Crippen LogP contribution in [0.25, 0.3) is 10.9 Å². The van der Waals surface area contributed by atoms with Crippen molar-refractivity contribution in [1.29, 1.82) is 0 Å². The fourth-order valence-corrected chi connectivity index (χ4v) is 3.18. The molecule has 0 bridgehead atoms. The molecule has 0 saturated carbocycles. The number of aromatic nitrogens is 1. The van der Waals surface area contributed by atoms with E-state index in [1.165, 1.54) is 66.2 Å². The van der Waals surface area contributed by atoms with E-state index >= 15 is 0 Å². The standard InChI is InChI=1S/C16H21N/c1-11-9-10-12(2)16-15(11)13-7-5-3-4-6-8-14(13)17-16/h9-10,17H,3-8H2,1-2H3. The number of hydrogen-bond donors (Lipinski definition) is 1. The van der Waals surface area contributed by atoms with Crippen LogP contribution >= 0.6 is 0 Å². The molecule has 1 aliphatic carbocycles. The zero-order valence-electron chi connectivity index (χ0n) is 10.9. The lowest BCUT2D eigenvalue weighted by molar-refractivity contribution is 0.614. The third kappa shape index (κ3) is 1.78. The fraction of sp³-hybridized carbons (Fsp3) is 0.500. The van der Waals surface area contributed by atoms with Gasteiger partial charge in [-0.1, -0.05) is 25.0 Å². The minimum absolute atomic E-state index is 1.24. The van der Waals surface area contributed by atoms with Gasteiger partial charge < -0.3 is 4.98 Å². The predicted octanol–water partition coefficient (Wildman–Crippen LogP) is 4.44. The van der Waals surface area contributed by atoms with Crippen LogP contribution in [-0.2, 0) is 12.8 Å². The Balaban J connectivity index is 2.26. The second-order valence-corrected chi connectivity index (χ2v) is 5.45. The normalized spacial score (nSPS) is 16.6. The van der Waals surface area contributed by atoms with Crippen LogP contribution in [0.2, 0.25) is 0 Å². The van der Waals surface area contributed by atoms with Crippen LogP contribution in [-0.4, -0.2) is 4.98 Å². The molecule has 1 aromatic heterocycles. The van der Waals surface area contributed by atoms with E-state index in [4.69, 9.17) is 0 Å². The summed E-state index contributed by atoms with van der Waals surface area (Å²) in [6, 6.07) is 4.51. The van der Waals surface area contributed by atoms with Gasteiger partial charge in [-0.05, 0) is 56.2 Å². The SMILES string of the molecule is Cc1ccc(C)c2c3c([nH]c12)CCCCCC3. The molecule has 0 saturated heterocycles. The van der Waals surface area contributed by atoms with Gasteiger partial charge in [0, 0.05) is 16.6 Å². The van der Waals surface area contributed by atoms with Crippen LogP contribution in [0.15, 0.2) is 12.1 Å². The van der Waals surface area contributed by atoms with E-state index in [1.807, 2.05) is 0 Å². The van der Waals surface area contributed by atoms with Crippen molar-refractivity contribution in [3.8, 4) is 0 Å². The first kappa shape index (κ1) is 10.9. The molecule has 0 unspecified atom stereocenters. The Morgan fingerprint density at radius 1 is 0.882 bits per heavy atom. The van der Waals surface area contributed by atoms with E-state index in [2.05, 4.69) is 31.0 Å². The highest BCUT2D eigenvalue weighted by Crippen LogP contribution is 2.31. The van der Waals surface area contributed by atoms with Crippen molar-refractivity contribution >= 4 is 10.9 Å². The van der Waals surface area contributed by atoms with Gasteiger partial charge in [-0.15, -0.1) is 0 Å². The summed E-state index contributed by atoms with van der Waals surface area (Å²) < 4.78 is 0. The monoisotopic (exact) mass is 227 g/mol. The summed E-state index contributed by atoms with van der Waals surface area (Å²) >= 11 is 0. The molecule has 0 radical (unpaired) electrons. The molecular weight excluding hydrogens is 206 g/mol. The number of aromatic amines is 1. The smallest absolute Gasteiger partial charge is 0.0491 e. The molecule has 0 amide bonds. The summed E-state index contributed by atoms with van der Waals surface area (Å²) in [5.41, 5.74) is 7.33. The van der Waals surface area contributed by atoms with Gasteiger partial charge >= 0.3 is 0 Å². The third-order valence-electron chi connectivity index (χ3n) is 4.17. The lowest BCUT2D eigenvalue weighted by Crippen LogP contribution is -1.97. The van der Waals surface area contributed by atoms with Gasteiger partial charge in [0.2, 0.25) is 0 Å². The molecule has 1 aromatic carbocycles. The van der Waals surface area contributed by atoms with Crippen LogP contribution in [0.4, 0.5) is 0 Å². The van der Waals surface area contributed by atoms with Crippen LogP contribution in [0.1, 0.15) is 48.1 Å². The zero-order chi connectivity index (χ0) is 11.8. The van der Waals surface area contributed by atoms with Gasteiger partial charge in [0.25, 0.3) is 0 Å².